The van der Waals surface area contributed by atoms with Gasteiger partial charge in [0.05, 0.1) is 18.5 Å². The van der Waals surface area contributed by atoms with Gasteiger partial charge >= 0.3 is 5.97 Å². The van der Waals surface area contributed by atoms with Crippen molar-refractivity contribution < 1.29 is 9.53 Å². The number of carbonyl (C=O) groups is 1. The van der Waals surface area contributed by atoms with Gasteiger partial charge < -0.3 is 10.1 Å². The monoisotopic (exact) mass is 374 g/mol. The molecule has 2 aliphatic rings. The Balaban J connectivity index is 1.70. The minimum Gasteiger partial charge on any atom is -0.462 e. The molecule has 0 bridgehead atoms. The Kier molecular flexibility index (Phi) is 5.09. The summed E-state index contributed by atoms with van der Waals surface area (Å²) in [6, 6.07) is 0.501. The molecule has 0 amide bonds. The predicted octanol–water partition coefficient (Wildman–Crippen LogP) is 3.74. The Bertz CT molecular complexity index is 809. The van der Waals surface area contributed by atoms with Gasteiger partial charge in [-0.05, 0) is 58.2 Å². The van der Waals surface area contributed by atoms with Crippen molar-refractivity contribution in [3.05, 3.63) is 16.3 Å². The smallest absolute Gasteiger partial charge is 0.348 e. The molecule has 1 N–H and O–H groups in total. The van der Waals surface area contributed by atoms with E-state index in [0.717, 1.165) is 47.1 Å². The van der Waals surface area contributed by atoms with Crippen molar-refractivity contribution in [1.82, 2.24) is 14.9 Å². The summed E-state index contributed by atoms with van der Waals surface area (Å²) in [5.74, 6) is 1.47. The fourth-order valence-electron chi connectivity index (χ4n) is 3.49. The maximum Gasteiger partial charge on any atom is 0.348 e. The first-order valence-corrected chi connectivity index (χ1v) is 10.4. The zero-order chi connectivity index (χ0) is 18.1. The van der Waals surface area contributed by atoms with E-state index in [-0.39, 0.29) is 5.97 Å². The van der Waals surface area contributed by atoms with Crippen LogP contribution in [0.2, 0.25) is 0 Å². The van der Waals surface area contributed by atoms with Crippen LogP contribution in [0.4, 0.5) is 5.82 Å². The Morgan fingerprint density at radius 1 is 1.27 bits per heavy atom. The molecule has 3 heterocycles. The van der Waals surface area contributed by atoms with Crippen LogP contribution in [0.5, 0.6) is 0 Å². The van der Waals surface area contributed by atoms with Crippen LogP contribution in [0.1, 0.15) is 60.1 Å². The molecule has 7 heteroatoms. The fourth-order valence-corrected chi connectivity index (χ4v) is 4.58. The molecule has 0 unspecified atom stereocenters. The molecule has 1 aliphatic carbocycles. The molecule has 0 spiro atoms. The zero-order valence-corrected chi connectivity index (χ0v) is 16.3. The number of nitrogens with zero attached hydrogens (tertiary/aromatic N) is 3. The van der Waals surface area contributed by atoms with Crippen molar-refractivity contribution in [1.29, 1.82) is 0 Å². The van der Waals surface area contributed by atoms with Crippen LogP contribution < -0.4 is 5.32 Å². The second kappa shape index (κ2) is 7.48. The molecule has 26 heavy (non-hydrogen) atoms. The number of fused-ring (bicyclic) bond motifs is 1. The Labute approximate surface area is 158 Å². The predicted molar refractivity (Wildman–Crippen MR) is 104 cm³/mol. The van der Waals surface area contributed by atoms with Crippen LogP contribution >= 0.6 is 11.3 Å². The highest BCUT2D eigenvalue weighted by atomic mass is 32.1. The lowest BCUT2D eigenvalue weighted by molar-refractivity contribution is 0.0531. The lowest BCUT2D eigenvalue weighted by Gasteiger charge is -2.25. The van der Waals surface area contributed by atoms with E-state index in [1.807, 2.05) is 13.8 Å². The highest BCUT2D eigenvalue weighted by Crippen LogP contribution is 2.36. The summed E-state index contributed by atoms with van der Waals surface area (Å²) < 4.78 is 5.22. The minimum atomic E-state index is -0.261. The normalized spacial score (nSPS) is 18.2. The van der Waals surface area contributed by atoms with Crippen LogP contribution in [0, 0.1) is 6.92 Å². The number of esters is 1. The number of rotatable bonds is 6. The van der Waals surface area contributed by atoms with Gasteiger partial charge in [-0.1, -0.05) is 6.42 Å². The molecule has 1 aliphatic heterocycles. The third-order valence-electron chi connectivity index (χ3n) is 5.03. The quantitative estimate of drug-likeness (QED) is 0.777. The number of piperidine rings is 1. The molecular formula is C19H26N4O2S. The second-order valence-electron chi connectivity index (χ2n) is 7.20. The summed E-state index contributed by atoms with van der Waals surface area (Å²) in [5.41, 5.74) is 0.927. The van der Waals surface area contributed by atoms with E-state index in [0.29, 0.717) is 17.5 Å². The van der Waals surface area contributed by atoms with Gasteiger partial charge in [-0.2, -0.15) is 0 Å². The molecular weight excluding hydrogens is 348 g/mol. The van der Waals surface area contributed by atoms with E-state index < -0.39 is 0 Å². The SMILES string of the molecule is CCOC(=O)c1sc2nc(CN3CCCCC3)nc(NC3CC3)c2c1C. The van der Waals surface area contributed by atoms with Crippen LogP contribution in [-0.4, -0.2) is 46.6 Å². The minimum absolute atomic E-state index is 0.261. The zero-order valence-electron chi connectivity index (χ0n) is 15.5. The van der Waals surface area contributed by atoms with E-state index >= 15 is 0 Å². The first-order chi connectivity index (χ1) is 12.7. The first kappa shape index (κ1) is 17.7. The highest BCUT2D eigenvalue weighted by molar-refractivity contribution is 7.20. The Hall–Kier alpha value is -1.73. The fraction of sp³-hybridized carbons (Fsp3) is 0.632. The highest BCUT2D eigenvalue weighted by Gasteiger charge is 2.26. The van der Waals surface area contributed by atoms with Crippen molar-refractivity contribution in [2.75, 3.05) is 25.0 Å². The Morgan fingerprint density at radius 3 is 2.73 bits per heavy atom. The molecule has 2 aromatic rings. The molecule has 2 fully saturated rings. The standard InChI is InChI=1S/C19H26N4O2S/c1-3-25-19(24)16-12(2)15-17(20-13-7-8-13)21-14(22-18(15)26-16)11-23-9-5-4-6-10-23/h13H,3-11H2,1-2H3,(H,20,21,22). The number of hydrogen-bond donors (Lipinski definition) is 1. The third-order valence-corrected chi connectivity index (χ3v) is 6.19. The van der Waals surface area contributed by atoms with Crippen LogP contribution in [-0.2, 0) is 11.3 Å². The number of thiophene rings is 1. The molecule has 2 aromatic heterocycles. The number of ether oxygens (including phenoxy) is 1. The third kappa shape index (κ3) is 3.69. The van der Waals surface area contributed by atoms with Crippen LogP contribution in [0.15, 0.2) is 0 Å². The number of anilines is 1. The van der Waals surface area contributed by atoms with Gasteiger partial charge in [-0.25, -0.2) is 14.8 Å². The van der Waals surface area contributed by atoms with E-state index in [2.05, 4.69) is 10.2 Å². The van der Waals surface area contributed by atoms with Crippen LogP contribution in [0.3, 0.4) is 0 Å². The number of aromatic nitrogens is 2. The number of carbonyl (C=O) groups excluding carboxylic acids is 1. The molecule has 4 rings (SSSR count). The van der Waals surface area contributed by atoms with Crippen molar-refractivity contribution in [3.63, 3.8) is 0 Å². The average Bonchev–Trinajstić information content (AvgIpc) is 3.38. The number of aryl methyl sites for hydroxylation is 1. The van der Waals surface area contributed by atoms with Gasteiger partial charge in [0.1, 0.15) is 21.3 Å². The largest absolute Gasteiger partial charge is 0.462 e. The average molecular weight is 375 g/mol. The molecule has 0 aromatic carbocycles. The van der Waals surface area contributed by atoms with Gasteiger partial charge in [-0.15, -0.1) is 11.3 Å². The van der Waals surface area contributed by atoms with E-state index in [4.69, 9.17) is 14.7 Å². The molecule has 0 radical (unpaired) electrons. The maximum atomic E-state index is 12.3. The summed E-state index contributed by atoms with van der Waals surface area (Å²) in [5, 5.41) is 4.53. The van der Waals surface area contributed by atoms with E-state index in [1.54, 1.807) is 0 Å². The summed E-state index contributed by atoms with van der Waals surface area (Å²) >= 11 is 1.43. The molecule has 0 atom stereocenters. The van der Waals surface area contributed by atoms with Gasteiger partial charge in [0.2, 0.25) is 0 Å². The number of nitrogens with one attached hydrogen (secondary N) is 1. The van der Waals surface area contributed by atoms with Gasteiger partial charge in [0.15, 0.2) is 0 Å². The molecule has 1 saturated carbocycles. The summed E-state index contributed by atoms with van der Waals surface area (Å²) in [6.07, 6.45) is 6.18. The molecule has 1 saturated heterocycles. The summed E-state index contributed by atoms with van der Waals surface area (Å²) in [4.78, 5) is 25.9. The van der Waals surface area contributed by atoms with E-state index in [9.17, 15) is 4.79 Å². The van der Waals surface area contributed by atoms with Crippen molar-refractivity contribution in [2.24, 2.45) is 0 Å². The first-order valence-electron chi connectivity index (χ1n) is 9.61. The Morgan fingerprint density at radius 2 is 2.04 bits per heavy atom. The number of likely N-dealkylation sites (tertiary alicyclic amines) is 1. The van der Waals surface area contributed by atoms with Gasteiger partial charge in [-0.3, -0.25) is 4.90 Å². The summed E-state index contributed by atoms with van der Waals surface area (Å²) in [7, 11) is 0. The van der Waals surface area contributed by atoms with Crippen molar-refractivity contribution >= 4 is 33.3 Å². The lowest BCUT2D eigenvalue weighted by Crippen LogP contribution is -2.30. The molecule has 6 nitrogen and oxygen atoms in total. The van der Waals surface area contributed by atoms with E-state index in [1.165, 1.54) is 43.4 Å². The van der Waals surface area contributed by atoms with Crippen molar-refractivity contribution in [2.45, 2.75) is 58.5 Å². The topological polar surface area (TPSA) is 67.3 Å². The van der Waals surface area contributed by atoms with Gasteiger partial charge in [0.25, 0.3) is 0 Å². The second-order valence-corrected chi connectivity index (χ2v) is 8.20. The van der Waals surface area contributed by atoms with Crippen molar-refractivity contribution in [3.8, 4) is 0 Å². The summed E-state index contributed by atoms with van der Waals surface area (Å²) in [6.45, 7) is 7.19. The molecule has 140 valence electrons. The van der Waals surface area contributed by atoms with Crippen LogP contribution in [0.25, 0.3) is 10.2 Å². The maximum absolute atomic E-state index is 12.3. The number of hydrogen-bond acceptors (Lipinski definition) is 7. The van der Waals surface area contributed by atoms with Gasteiger partial charge in [0, 0.05) is 6.04 Å². The lowest BCUT2D eigenvalue weighted by atomic mass is 10.1.